The molecule has 0 bridgehead atoms. The molecule has 38 heavy (non-hydrogen) atoms. The summed E-state index contributed by atoms with van der Waals surface area (Å²) in [6.45, 7) is 0. The summed E-state index contributed by atoms with van der Waals surface area (Å²) in [4.78, 5) is 0. The molecule has 0 radical (unpaired) electrons. The zero-order valence-electron chi connectivity index (χ0n) is 20.0. The van der Waals surface area contributed by atoms with E-state index in [1.165, 1.54) is 27.1 Å². The van der Waals surface area contributed by atoms with Crippen LogP contribution in [0, 0.1) is 0 Å². The molecule has 0 amide bonds. The quantitative estimate of drug-likeness (QED) is 0.150. The topological polar surface area (TPSA) is 4.41 Å². The lowest BCUT2D eigenvalue weighted by atomic mass is 9.94. The fraction of sp³-hybridized carbons (Fsp3) is 0. The van der Waals surface area contributed by atoms with Crippen LogP contribution in [0.5, 0.6) is 0 Å². The first-order valence-electron chi connectivity index (χ1n) is 12.5. The smallest absolute Gasteiger partial charge is 0.0627 e. The van der Waals surface area contributed by atoms with Crippen LogP contribution in [0.3, 0.4) is 0 Å². The van der Waals surface area contributed by atoms with Gasteiger partial charge in [-0.25, -0.2) is 0 Å². The van der Waals surface area contributed by atoms with Crippen LogP contribution in [-0.4, -0.2) is 4.40 Å². The SMILES string of the molecule is Clc1ccccc1-c1c(-c2c(Cl)cccc2Cl)c2c3ccccc3c3cccc4c5ccccc5c1n2c43. The van der Waals surface area contributed by atoms with Crippen molar-refractivity contribution < 1.29 is 0 Å². The third kappa shape index (κ3) is 2.84. The molecule has 0 aliphatic heterocycles. The van der Waals surface area contributed by atoms with Gasteiger partial charge in [-0.15, -0.1) is 0 Å². The van der Waals surface area contributed by atoms with Crippen LogP contribution >= 0.6 is 34.8 Å². The third-order valence-electron chi connectivity index (χ3n) is 7.73. The fourth-order valence-corrected chi connectivity index (χ4v) is 7.10. The molecule has 0 saturated heterocycles. The number of benzene rings is 5. The Morgan fingerprint density at radius 2 is 0.763 bits per heavy atom. The van der Waals surface area contributed by atoms with E-state index in [9.17, 15) is 0 Å². The van der Waals surface area contributed by atoms with E-state index in [2.05, 4.69) is 77.2 Å². The van der Waals surface area contributed by atoms with Gasteiger partial charge in [-0.05, 0) is 29.0 Å². The van der Waals surface area contributed by atoms with Crippen LogP contribution in [0.1, 0.15) is 0 Å². The van der Waals surface area contributed by atoms with E-state index in [1.807, 2.05) is 36.4 Å². The van der Waals surface area contributed by atoms with Gasteiger partial charge in [0.1, 0.15) is 0 Å². The minimum atomic E-state index is 0.606. The van der Waals surface area contributed by atoms with E-state index in [0.29, 0.717) is 15.1 Å². The first kappa shape index (κ1) is 22.3. The summed E-state index contributed by atoms with van der Waals surface area (Å²) in [7, 11) is 0. The molecule has 1 nitrogen and oxygen atoms in total. The van der Waals surface area contributed by atoms with E-state index in [4.69, 9.17) is 34.8 Å². The maximum atomic E-state index is 6.97. The normalized spacial score (nSPS) is 12.1. The standard InChI is InChI=1S/C34H18Cl3N/c35-26-16-6-5-13-25(26)29-31(30-27(36)17-8-18-28(30)37)34-24-12-4-2-10-20(24)22-15-7-14-21-19-9-1-3-11-23(19)33(29)38(34)32(21)22/h1-18H. The Hall–Kier alpha value is -3.75. The van der Waals surface area contributed by atoms with Gasteiger partial charge in [0.25, 0.3) is 0 Å². The fourth-order valence-electron chi connectivity index (χ4n) is 6.28. The summed E-state index contributed by atoms with van der Waals surface area (Å²) in [5.74, 6) is 0. The third-order valence-corrected chi connectivity index (χ3v) is 8.69. The van der Waals surface area contributed by atoms with E-state index in [-0.39, 0.29) is 0 Å². The molecule has 0 saturated carbocycles. The van der Waals surface area contributed by atoms with Crippen molar-refractivity contribution in [2.75, 3.05) is 0 Å². The highest BCUT2D eigenvalue weighted by molar-refractivity contribution is 6.42. The highest BCUT2D eigenvalue weighted by Gasteiger charge is 2.28. The number of nitrogens with zero attached hydrogens (tertiary/aromatic N) is 1. The predicted molar refractivity (Wildman–Crippen MR) is 165 cm³/mol. The predicted octanol–water partition coefficient (Wildman–Crippen LogP) is 11.3. The van der Waals surface area contributed by atoms with Crippen molar-refractivity contribution in [3.63, 3.8) is 0 Å². The molecule has 0 fully saturated rings. The van der Waals surface area contributed by atoms with Gasteiger partial charge in [0.2, 0.25) is 0 Å². The highest BCUT2D eigenvalue weighted by Crippen LogP contribution is 2.53. The Morgan fingerprint density at radius 3 is 1.37 bits per heavy atom. The number of aromatic nitrogens is 1. The van der Waals surface area contributed by atoms with Gasteiger partial charge in [-0.2, -0.15) is 0 Å². The zero-order chi connectivity index (χ0) is 25.5. The Labute approximate surface area is 233 Å². The molecule has 0 spiro atoms. The van der Waals surface area contributed by atoms with E-state index >= 15 is 0 Å². The molecule has 8 aromatic rings. The van der Waals surface area contributed by atoms with Crippen molar-refractivity contribution in [1.29, 1.82) is 0 Å². The van der Waals surface area contributed by atoms with Gasteiger partial charge in [0.15, 0.2) is 0 Å². The lowest BCUT2D eigenvalue weighted by Gasteiger charge is -2.16. The Balaban J connectivity index is 1.83. The van der Waals surface area contributed by atoms with Gasteiger partial charge >= 0.3 is 0 Å². The second kappa shape index (κ2) is 8.12. The molecular weight excluding hydrogens is 529 g/mol. The second-order valence-electron chi connectivity index (χ2n) is 9.65. The van der Waals surface area contributed by atoms with Crippen molar-refractivity contribution in [1.82, 2.24) is 4.40 Å². The molecule has 0 N–H and O–H groups in total. The minimum Gasteiger partial charge on any atom is -0.307 e. The molecule has 3 aromatic heterocycles. The highest BCUT2D eigenvalue weighted by atomic mass is 35.5. The molecule has 8 rings (SSSR count). The van der Waals surface area contributed by atoms with E-state index < -0.39 is 0 Å². The molecule has 4 heteroatoms. The molecule has 0 aliphatic carbocycles. The summed E-state index contributed by atoms with van der Waals surface area (Å²) in [5.41, 5.74) is 7.15. The van der Waals surface area contributed by atoms with E-state index in [0.717, 1.165) is 44.1 Å². The summed E-state index contributed by atoms with van der Waals surface area (Å²) < 4.78 is 2.42. The van der Waals surface area contributed by atoms with Gasteiger partial charge < -0.3 is 4.40 Å². The zero-order valence-corrected chi connectivity index (χ0v) is 22.2. The van der Waals surface area contributed by atoms with Crippen molar-refractivity contribution in [3.8, 4) is 22.3 Å². The van der Waals surface area contributed by atoms with Crippen molar-refractivity contribution >= 4 is 83.7 Å². The molecule has 0 atom stereocenters. The molecule has 5 aromatic carbocycles. The summed E-state index contributed by atoms with van der Waals surface area (Å²) in [5, 5.41) is 8.99. The molecule has 0 unspecified atom stereocenters. The van der Waals surface area contributed by atoms with E-state index in [1.54, 1.807) is 0 Å². The lowest BCUT2D eigenvalue weighted by Crippen LogP contribution is -1.95. The first-order chi connectivity index (χ1) is 18.6. The van der Waals surface area contributed by atoms with Crippen LogP contribution in [0.2, 0.25) is 15.1 Å². The van der Waals surface area contributed by atoms with Gasteiger partial charge in [-0.1, -0.05) is 126 Å². The maximum Gasteiger partial charge on any atom is 0.0627 e. The Kier molecular flexibility index (Phi) is 4.76. The Morgan fingerprint density at radius 1 is 0.342 bits per heavy atom. The van der Waals surface area contributed by atoms with Gasteiger partial charge in [0.05, 0.1) is 16.6 Å². The number of pyridine rings is 2. The summed E-state index contributed by atoms with van der Waals surface area (Å²) in [6, 6.07) is 37.5. The van der Waals surface area contributed by atoms with Crippen LogP contribution < -0.4 is 0 Å². The summed E-state index contributed by atoms with van der Waals surface area (Å²) >= 11 is 20.9. The molecule has 3 heterocycles. The van der Waals surface area contributed by atoms with Crippen LogP contribution in [0.4, 0.5) is 0 Å². The number of hydrogen-bond acceptors (Lipinski definition) is 0. The molecule has 0 aliphatic rings. The number of halogens is 3. The van der Waals surface area contributed by atoms with Crippen LogP contribution in [0.25, 0.3) is 71.1 Å². The van der Waals surface area contributed by atoms with Crippen LogP contribution in [0.15, 0.2) is 109 Å². The van der Waals surface area contributed by atoms with Crippen molar-refractivity contribution in [3.05, 3.63) is 124 Å². The average molecular weight is 547 g/mol. The molecule has 180 valence electrons. The van der Waals surface area contributed by atoms with Crippen molar-refractivity contribution in [2.24, 2.45) is 0 Å². The summed E-state index contributed by atoms with van der Waals surface area (Å²) in [6.07, 6.45) is 0. The number of para-hydroxylation sites is 1. The van der Waals surface area contributed by atoms with Gasteiger partial charge in [0, 0.05) is 58.9 Å². The average Bonchev–Trinajstić information content (AvgIpc) is 3.29. The minimum absolute atomic E-state index is 0.606. The maximum absolute atomic E-state index is 6.97. The second-order valence-corrected chi connectivity index (χ2v) is 10.9. The monoisotopic (exact) mass is 545 g/mol. The van der Waals surface area contributed by atoms with Crippen molar-refractivity contribution in [2.45, 2.75) is 0 Å². The number of fused-ring (bicyclic) bond motifs is 6. The number of rotatable bonds is 2. The van der Waals surface area contributed by atoms with Crippen LogP contribution in [-0.2, 0) is 0 Å². The largest absolute Gasteiger partial charge is 0.307 e. The van der Waals surface area contributed by atoms with Gasteiger partial charge in [-0.3, -0.25) is 0 Å². The lowest BCUT2D eigenvalue weighted by molar-refractivity contribution is 1.36. The Bertz CT molecular complexity index is 2190. The first-order valence-corrected chi connectivity index (χ1v) is 13.6. The number of hydrogen-bond donors (Lipinski definition) is 0. The molecular formula is C34H18Cl3N.